The molecule has 1 aromatic rings. The summed E-state index contributed by atoms with van der Waals surface area (Å²) in [5.41, 5.74) is 0.494. The van der Waals surface area contributed by atoms with E-state index >= 15 is 0 Å². The Morgan fingerprint density at radius 2 is 2.19 bits per heavy atom. The van der Waals surface area contributed by atoms with E-state index in [1.165, 1.54) is 12.4 Å². The van der Waals surface area contributed by atoms with Crippen LogP contribution in [0, 0.1) is 5.92 Å². The molecule has 2 heterocycles. The molecule has 2 rings (SSSR count). The van der Waals surface area contributed by atoms with Gasteiger partial charge in [0.1, 0.15) is 0 Å². The summed E-state index contributed by atoms with van der Waals surface area (Å²) in [5.74, 6) is 0.450. The molecule has 3 N–H and O–H groups in total. The van der Waals surface area contributed by atoms with E-state index < -0.39 is 10.0 Å². The maximum absolute atomic E-state index is 11.8. The normalized spacial score (nSPS) is 18.5. The van der Waals surface area contributed by atoms with Crippen LogP contribution in [0.1, 0.15) is 12.8 Å². The average molecular weight is 244 g/mol. The van der Waals surface area contributed by atoms with Crippen molar-refractivity contribution in [1.82, 2.24) is 15.5 Å². The molecule has 0 amide bonds. The second kappa shape index (κ2) is 4.84. The summed E-state index contributed by atoms with van der Waals surface area (Å²) in [6.45, 7) is 1.82. The van der Waals surface area contributed by atoms with Crippen molar-refractivity contribution >= 4 is 15.7 Å². The number of sulfonamides is 1. The predicted octanol–water partition coefficient (Wildman–Crippen LogP) is 0.151. The molecule has 0 bridgehead atoms. The van der Waals surface area contributed by atoms with Crippen LogP contribution in [0.15, 0.2) is 12.4 Å². The van der Waals surface area contributed by atoms with E-state index in [0.29, 0.717) is 5.69 Å². The van der Waals surface area contributed by atoms with Gasteiger partial charge in [-0.3, -0.25) is 9.82 Å². The minimum Gasteiger partial charge on any atom is -0.317 e. The zero-order valence-electron chi connectivity index (χ0n) is 8.94. The summed E-state index contributed by atoms with van der Waals surface area (Å²) in [6.07, 6.45) is 4.83. The van der Waals surface area contributed by atoms with Crippen LogP contribution in [-0.2, 0) is 10.0 Å². The third kappa shape index (κ3) is 3.21. The molecule has 0 saturated carbocycles. The topological polar surface area (TPSA) is 86.9 Å². The molecular weight excluding hydrogens is 228 g/mol. The zero-order chi connectivity index (χ0) is 11.4. The largest absolute Gasteiger partial charge is 0.317 e. The second-order valence-corrected chi connectivity index (χ2v) is 5.83. The van der Waals surface area contributed by atoms with Crippen molar-refractivity contribution < 1.29 is 8.42 Å². The first-order valence-corrected chi connectivity index (χ1v) is 7.01. The molecule has 1 aliphatic heterocycles. The quantitative estimate of drug-likeness (QED) is 0.703. The molecule has 90 valence electrons. The van der Waals surface area contributed by atoms with Crippen LogP contribution in [0.2, 0.25) is 0 Å². The average Bonchev–Trinajstić information content (AvgIpc) is 2.70. The standard InChI is InChI=1S/C9H16N4O2S/c14-16(15,13-9-5-11-12-6-9)7-8-1-3-10-4-2-8/h5-6,8,10,13H,1-4,7H2,(H,11,12). The van der Waals surface area contributed by atoms with Gasteiger partial charge in [-0.1, -0.05) is 0 Å². The third-order valence-corrected chi connectivity index (χ3v) is 4.14. The molecule has 1 aromatic heterocycles. The molecular formula is C9H16N4O2S. The molecule has 0 aliphatic carbocycles. The van der Waals surface area contributed by atoms with Crippen LogP contribution in [0.5, 0.6) is 0 Å². The molecule has 6 nitrogen and oxygen atoms in total. The van der Waals surface area contributed by atoms with Crippen LogP contribution < -0.4 is 10.0 Å². The summed E-state index contributed by atoms with van der Waals surface area (Å²) >= 11 is 0. The number of nitrogens with one attached hydrogen (secondary N) is 3. The lowest BCUT2D eigenvalue weighted by Gasteiger charge is -2.22. The molecule has 0 unspecified atom stereocenters. The Hall–Kier alpha value is -1.08. The van der Waals surface area contributed by atoms with Crippen molar-refractivity contribution in [3.8, 4) is 0 Å². The highest BCUT2D eigenvalue weighted by Gasteiger charge is 2.21. The van der Waals surface area contributed by atoms with Crippen molar-refractivity contribution in [1.29, 1.82) is 0 Å². The molecule has 0 aromatic carbocycles. The lowest BCUT2D eigenvalue weighted by atomic mass is 10.0. The fraction of sp³-hybridized carbons (Fsp3) is 0.667. The van der Waals surface area contributed by atoms with Gasteiger partial charge < -0.3 is 5.32 Å². The van der Waals surface area contributed by atoms with Crippen LogP contribution >= 0.6 is 0 Å². The molecule has 1 fully saturated rings. The van der Waals surface area contributed by atoms with E-state index in [-0.39, 0.29) is 11.7 Å². The van der Waals surface area contributed by atoms with E-state index in [4.69, 9.17) is 0 Å². The maximum atomic E-state index is 11.8. The summed E-state index contributed by atoms with van der Waals surface area (Å²) < 4.78 is 26.1. The highest BCUT2D eigenvalue weighted by Crippen LogP contribution is 2.15. The Kier molecular flexibility index (Phi) is 3.45. The zero-order valence-corrected chi connectivity index (χ0v) is 9.76. The highest BCUT2D eigenvalue weighted by atomic mass is 32.2. The first kappa shape index (κ1) is 11.4. The maximum Gasteiger partial charge on any atom is 0.233 e. The first-order valence-electron chi connectivity index (χ1n) is 5.36. The van der Waals surface area contributed by atoms with Crippen molar-refractivity contribution in [3.63, 3.8) is 0 Å². The molecule has 1 aliphatic rings. The van der Waals surface area contributed by atoms with Crippen LogP contribution in [0.25, 0.3) is 0 Å². The lowest BCUT2D eigenvalue weighted by molar-refractivity contribution is 0.402. The number of piperidine rings is 1. The van der Waals surface area contributed by atoms with Crippen LogP contribution in [0.4, 0.5) is 5.69 Å². The number of aromatic amines is 1. The smallest absolute Gasteiger partial charge is 0.233 e. The van der Waals surface area contributed by atoms with Crippen molar-refractivity contribution in [3.05, 3.63) is 12.4 Å². The second-order valence-electron chi connectivity index (χ2n) is 4.06. The van der Waals surface area contributed by atoms with Gasteiger partial charge in [0, 0.05) is 6.20 Å². The van der Waals surface area contributed by atoms with E-state index in [9.17, 15) is 8.42 Å². The Balaban J connectivity index is 1.92. The van der Waals surface area contributed by atoms with Crippen molar-refractivity contribution in [2.24, 2.45) is 5.92 Å². The Morgan fingerprint density at radius 3 is 2.81 bits per heavy atom. The predicted molar refractivity (Wildman–Crippen MR) is 61.6 cm³/mol. The van der Waals surface area contributed by atoms with Crippen molar-refractivity contribution in [2.75, 3.05) is 23.6 Å². The minimum atomic E-state index is -3.24. The fourth-order valence-electron chi connectivity index (χ4n) is 1.89. The molecule has 16 heavy (non-hydrogen) atoms. The van der Waals surface area contributed by atoms with Gasteiger partial charge in [-0.2, -0.15) is 5.10 Å². The molecule has 1 saturated heterocycles. The Bertz CT molecular complexity index is 409. The summed E-state index contributed by atoms with van der Waals surface area (Å²) in [7, 11) is -3.24. The van der Waals surface area contributed by atoms with Gasteiger partial charge in [0.2, 0.25) is 10.0 Å². The number of anilines is 1. The van der Waals surface area contributed by atoms with E-state index in [1.807, 2.05) is 0 Å². The van der Waals surface area contributed by atoms with Gasteiger partial charge in [0.05, 0.1) is 17.6 Å². The summed E-state index contributed by atoms with van der Waals surface area (Å²) in [6, 6.07) is 0. The number of hydrogen-bond acceptors (Lipinski definition) is 4. The molecule has 0 atom stereocenters. The Morgan fingerprint density at radius 1 is 1.44 bits per heavy atom. The molecule has 0 radical (unpaired) electrons. The van der Waals surface area contributed by atoms with E-state index in [2.05, 4.69) is 20.2 Å². The number of aromatic nitrogens is 2. The number of H-pyrrole nitrogens is 1. The lowest BCUT2D eigenvalue weighted by Crippen LogP contribution is -2.32. The third-order valence-electron chi connectivity index (χ3n) is 2.69. The number of hydrogen-bond donors (Lipinski definition) is 3. The van der Waals surface area contributed by atoms with Gasteiger partial charge >= 0.3 is 0 Å². The highest BCUT2D eigenvalue weighted by molar-refractivity contribution is 7.92. The Labute approximate surface area is 94.9 Å². The van der Waals surface area contributed by atoms with Gasteiger partial charge in [0.15, 0.2) is 0 Å². The minimum absolute atomic E-state index is 0.194. The van der Waals surface area contributed by atoms with Gasteiger partial charge in [0.25, 0.3) is 0 Å². The van der Waals surface area contributed by atoms with E-state index in [0.717, 1.165) is 25.9 Å². The summed E-state index contributed by atoms with van der Waals surface area (Å²) in [5, 5.41) is 9.48. The number of rotatable bonds is 4. The van der Waals surface area contributed by atoms with Gasteiger partial charge in [-0.15, -0.1) is 0 Å². The van der Waals surface area contributed by atoms with Crippen LogP contribution in [-0.4, -0.2) is 37.5 Å². The van der Waals surface area contributed by atoms with Crippen LogP contribution in [0.3, 0.4) is 0 Å². The SMILES string of the molecule is O=S(=O)(CC1CCNCC1)Nc1cn[nH]c1. The van der Waals surface area contributed by atoms with Gasteiger partial charge in [-0.25, -0.2) is 8.42 Å². The fourth-order valence-corrected chi connectivity index (χ4v) is 3.39. The molecule has 7 heteroatoms. The number of nitrogens with zero attached hydrogens (tertiary/aromatic N) is 1. The first-order chi connectivity index (χ1) is 7.66. The monoisotopic (exact) mass is 244 g/mol. The summed E-state index contributed by atoms with van der Waals surface area (Å²) in [4.78, 5) is 0. The van der Waals surface area contributed by atoms with E-state index in [1.54, 1.807) is 0 Å². The van der Waals surface area contributed by atoms with Gasteiger partial charge in [-0.05, 0) is 31.8 Å². The van der Waals surface area contributed by atoms with Crippen molar-refractivity contribution in [2.45, 2.75) is 12.8 Å². The molecule has 0 spiro atoms.